The summed E-state index contributed by atoms with van der Waals surface area (Å²) in [6, 6.07) is 14.0. The number of aromatic amines is 1. The summed E-state index contributed by atoms with van der Waals surface area (Å²) >= 11 is 0. The van der Waals surface area contributed by atoms with E-state index in [2.05, 4.69) is 29.4 Å². The average molecular weight is 359 g/mol. The predicted octanol–water partition coefficient (Wildman–Crippen LogP) is 2.77. The zero-order valence-corrected chi connectivity index (χ0v) is 15.0. The fourth-order valence-corrected chi connectivity index (χ4v) is 3.85. The topological polar surface area (TPSA) is 84.1 Å². The molecule has 0 spiro atoms. The van der Waals surface area contributed by atoms with Gasteiger partial charge in [0.25, 0.3) is 0 Å². The summed E-state index contributed by atoms with van der Waals surface area (Å²) in [6.45, 7) is 5.36. The zero-order chi connectivity index (χ0) is 17.9. The van der Waals surface area contributed by atoms with Crippen molar-refractivity contribution in [3.63, 3.8) is 0 Å². The van der Waals surface area contributed by atoms with Crippen molar-refractivity contribution in [2.24, 2.45) is 0 Å². The lowest BCUT2D eigenvalue weighted by Gasteiger charge is -2.10. The van der Waals surface area contributed by atoms with Crippen LogP contribution in [-0.2, 0) is 9.84 Å². The van der Waals surface area contributed by atoms with E-state index in [1.807, 2.05) is 0 Å². The molecule has 2 aromatic carbocycles. The highest BCUT2D eigenvalue weighted by Crippen LogP contribution is 2.28. The molecule has 2 N–H and O–H groups in total. The molecule has 0 amide bonds. The first-order valence-corrected chi connectivity index (χ1v) is 9.61. The van der Waals surface area contributed by atoms with E-state index in [0.717, 1.165) is 6.54 Å². The van der Waals surface area contributed by atoms with Gasteiger partial charge in [0.15, 0.2) is 5.03 Å². The number of hydrogen-bond acceptors (Lipinski definition) is 5. The number of benzene rings is 2. The molecule has 25 heavy (non-hydrogen) atoms. The first-order chi connectivity index (χ1) is 12.0. The van der Waals surface area contributed by atoms with Gasteiger partial charge in [-0.05, 0) is 30.3 Å². The molecule has 0 aliphatic carbocycles. The molecule has 3 aromatic rings. The van der Waals surface area contributed by atoms with E-state index in [0.29, 0.717) is 29.3 Å². The van der Waals surface area contributed by atoms with Crippen LogP contribution in [0.1, 0.15) is 13.8 Å². The molecular formula is C18H21N3O3S. The van der Waals surface area contributed by atoms with Gasteiger partial charge in [-0.1, -0.05) is 32.0 Å². The molecule has 0 unspecified atom stereocenters. The molecule has 3 rings (SSSR count). The maximum absolute atomic E-state index is 12.8. The van der Waals surface area contributed by atoms with Crippen LogP contribution in [-0.4, -0.2) is 37.8 Å². The van der Waals surface area contributed by atoms with Gasteiger partial charge in [-0.25, -0.2) is 8.42 Å². The molecule has 0 bridgehead atoms. The monoisotopic (exact) mass is 359 g/mol. The summed E-state index contributed by atoms with van der Waals surface area (Å²) in [4.78, 5) is 0.218. The molecule has 0 radical (unpaired) electrons. The number of nitrogens with zero attached hydrogens (tertiary/aromatic N) is 1. The lowest BCUT2D eigenvalue weighted by atomic mass is 10.2. The van der Waals surface area contributed by atoms with Crippen molar-refractivity contribution in [2.45, 2.75) is 29.8 Å². The number of fused-ring (bicyclic) bond motifs is 1. The van der Waals surface area contributed by atoms with Crippen LogP contribution in [0, 0.1) is 0 Å². The van der Waals surface area contributed by atoms with E-state index in [1.165, 1.54) is 0 Å². The number of sulfone groups is 1. The summed E-state index contributed by atoms with van der Waals surface area (Å²) in [6.07, 6.45) is 0. The van der Waals surface area contributed by atoms with Crippen molar-refractivity contribution in [3.8, 4) is 5.75 Å². The second-order valence-electron chi connectivity index (χ2n) is 6.01. The Kier molecular flexibility index (Phi) is 5.06. The predicted molar refractivity (Wildman–Crippen MR) is 96.6 cm³/mol. The van der Waals surface area contributed by atoms with Gasteiger partial charge in [-0.15, -0.1) is 0 Å². The number of aromatic nitrogens is 2. The number of H-pyrrole nitrogens is 1. The van der Waals surface area contributed by atoms with Crippen molar-refractivity contribution in [3.05, 3.63) is 48.5 Å². The van der Waals surface area contributed by atoms with Crippen LogP contribution in [0.5, 0.6) is 5.75 Å². The maximum Gasteiger partial charge on any atom is 0.226 e. The van der Waals surface area contributed by atoms with Gasteiger partial charge in [0.2, 0.25) is 9.84 Å². The molecule has 0 saturated heterocycles. The molecule has 0 saturated carbocycles. The van der Waals surface area contributed by atoms with E-state index in [9.17, 15) is 8.42 Å². The minimum absolute atomic E-state index is 0.0134. The smallest absolute Gasteiger partial charge is 0.226 e. The first kappa shape index (κ1) is 17.4. The molecule has 1 heterocycles. The van der Waals surface area contributed by atoms with Crippen molar-refractivity contribution in [1.29, 1.82) is 0 Å². The second kappa shape index (κ2) is 7.25. The number of hydrogen-bond donors (Lipinski definition) is 2. The minimum Gasteiger partial charge on any atom is -0.492 e. The summed E-state index contributed by atoms with van der Waals surface area (Å²) in [5, 5.41) is 10.6. The number of ether oxygens (including phenoxy) is 1. The maximum atomic E-state index is 12.8. The number of nitrogens with one attached hydrogen (secondary N) is 2. The van der Waals surface area contributed by atoms with Crippen molar-refractivity contribution in [2.75, 3.05) is 13.2 Å². The highest BCUT2D eigenvalue weighted by molar-refractivity contribution is 7.91. The largest absolute Gasteiger partial charge is 0.492 e. The Labute approximate surface area is 147 Å². The zero-order valence-electron chi connectivity index (χ0n) is 14.2. The normalized spacial score (nSPS) is 12.0. The van der Waals surface area contributed by atoms with Crippen LogP contribution in [0.2, 0.25) is 0 Å². The van der Waals surface area contributed by atoms with E-state index in [1.54, 1.807) is 48.5 Å². The Bertz CT molecular complexity index is 950. The third kappa shape index (κ3) is 3.83. The highest BCUT2D eigenvalue weighted by Gasteiger charge is 2.23. The lowest BCUT2D eigenvalue weighted by molar-refractivity contribution is 0.309. The SMILES string of the molecule is CC(C)NCCOc1ccc2[nH]nc(S(=O)(=O)c3ccccc3)c2c1. The van der Waals surface area contributed by atoms with Crippen LogP contribution in [0.25, 0.3) is 10.9 Å². The van der Waals surface area contributed by atoms with Gasteiger partial charge in [0, 0.05) is 18.0 Å². The summed E-state index contributed by atoms with van der Waals surface area (Å²) in [5.41, 5.74) is 0.655. The Morgan fingerprint density at radius 3 is 2.64 bits per heavy atom. The third-order valence-corrected chi connectivity index (χ3v) is 5.44. The molecule has 1 aromatic heterocycles. The summed E-state index contributed by atoms with van der Waals surface area (Å²) < 4.78 is 31.4. The Balaban J connectivity index is 1.89. The molecule has 0 aliphatic heterocycles. The fraction of sp³-hybridized carbons (Fsp3) is 0.278. The van der Waals surface area contributed by atoms with Crippen molar-refractivity contribution < 1.29 is 13.2 Å². The molecule has 6 nitrogen and oxygen atoms in total. The van der Waals surface area contributed by atoms with Crippen LogP contribution < -0.4 is 10.1 Å². The van der Waals surface area contributed by atoms with Crippen LogP contribution in [0.15, 0.2) is 58.5 Å². The van der Waals surface area contributed by atoms with Gasteiger partial charge in [-0.3, -0.25) is 5.10 Å². The van der Waals surface area contributed by atoms with Gasteiger partial charge in [0.1, 0.15) is 12.4 Å². The average Bonchev–Trinajstić information content (AvgIpc) is 3.03. The van der Waals surface area contributed by atoms with Gasteiger partial charge in [-0.2, -0.15) is 5.10 Å². The third-order valence-electron chi connectivity index (χ3n) is 3.73. The van der Waals surface area contributed by atoms with Crippen LogP contribution in [0.3, 0.4) is 0 Å². The van der Waals surface area contributed by atoms with E-state index >= 15 is 0 Å². The summed E-state index contributed by atoms with van der Waals surface area (Å²) in [5.74, 6) is 0.615. The summed E-state index contributed by atoms with van der Waals surface area (Å²) in [7, 11) is -3.69. The highest BCUT2D eigenvalue weighted by atomic mass is 32.2. The Hall–Kier alpha value is -2.38. The van der Waals surface area contributed by atoms with E-state index in [4.69, 9.17) is 4.74 Å². The number of rotatable bonds is 7. The molecule has 132 valence electrons. The molecule has 0 atom stereocenters. The van der Waals surface area contributed by atoms with Crippen molar-refractivity contribution >= 4 is 20.7 Å². The van der Waals surface area contributed by atoms with Crippen LogP contribution >= 0.6 is 0 Å². The fourth-order valence-electron chi connectivity index (χ4n) is 2.49. The quantitative estimate of drug-likeness (QED) is 0.634. The van der Waals surface area contributed by atoms with Gasteiger partial charge < -0.3 is 10.1 Å². The van der Waals surface area contributed by atoms with Crippen LogP contribution in [0.4, 0.5) is 0 Å². The minimum atomic E-state index is -3.69. The first-order valence-electron chi connectivity index (χ1n) is 8.13. The molecule has 0 fully saturated rings. The standard InChI is InChI=1S/C18H21N3O3S/c1-13(2)19-10-11-24-14-8-9-17-16(12-14)18(21-20-17)25(22,23)15-6-4-3-5-7-15/h3-9,12-13,19H,10-11H2,1-2H3,(H,20,21). The van der Waals surface area contributed by atoms with Crippen molar-refractivity contribution in [1.82, 2.24) is 15.5 Å². The van der Waals surface area contributed by atoms with E-state index in [-0.39, 0.29) is 9.92 Å². The van der Waals surface area contributed by atoms with Gasteiger partial charge >= 0.3 is 0 Å². The van der Waals surface area contributed by atoms with Gasteiger partial charge in [0.05, 0.1) is 10.4 Å². The lowest BCUT2D eigenvalue weighted by Crippen LogP contribution is -2.27. The van der Waals surface area contributed by atoms with E-state index < -0.39 is 9.84 Å². The Morgan fingerprint density at radius 2 is 1.92 bits per heavy atom. The molecule has 0 aliphatic rings. The molecular weight excluding hydrogens is 338 g/mol. The second-order valence-corrected chi connectivity index (χ2v) is 7.87. The molecule has 7 heteroatoms. The Morgan fingerprint density at radius 1 is 1.16 bits per heavy atom.